The number of rotatable bonds is 6. The van der Waals surface area contributed by atoms with Crippen LogP contribution in [0.15, 0.2) is 60.9 Å². The van der Waals surface area contributed by atoms with Crippen molar-refractivity contribution in [1.82, 2.24) is 19.7 Å². The number of H-pyrrole nitrogens is 1. The molecule has 0 bridgehead atoms. The van der Waals surface area contributed by atoms with Crippen molar-refractivity contribution in [3.63, 3.8) is 0 Å². The third kappa shape index (κ3) is 4.47. The van der Waals surface area contributed by atoms with Gasteiger partial charge in [0.05, 0.1) is 33.9 Å². The van der Waals surface area contributed by atoms with E-state index in [9.17, 15) is 4.79 Å². The van der Waals surface area contributed by atoms with Crippen LogP contribution < -0.4 is 14.8 Å². The van der Waals surface area contributed by atoms with Crippen molar-refractivity contribution in [2.24, 2.45) is 0 Å². The molecule has 3 aromatic heterocycles. The quantitative estimate of drug-likeness (QED) is 0.172. The predicted octanol–water partition coefficient (Wildman–Crippen LogP) is 6.83. The standard InChI is InChI=1S/C27H22Cl2N6O2S/c1-15-10-16-11-22(33-21(16)13-24(15)34-8-3-9-38-34)25(36)18-14-32-35(26(18)30)23-6-5-17(12-20(23)29)37-27-19(28)4-2-7-31-27/h2,4-7,10-14,33H,3,8-9,30H2,1H3. The van der Waals surface area contributed by atoms with Crippen LogP contribution in [-0.4, -0.2) is 37.8 Å². The summed E-state index contributed by atoms with van der Waals surface area (Å²) in [6.45, 7) is 3.11. The fourth-order valence-corrected chi connectivity index (χ4v) is 5.95. The van der Waals surface area contributed by atoms with Crippen LogP contribution >= 0.6 is 35.1 Å². The number of hydrogen-bond donors (Lipinski definition) is 2. The number of fused-ring (bicyclic) bond motifs is 1. The van der Waals surface area contributed by atoms with Crippen LogP contribution in [0, 0.1) is 6.92 Å². The number of aromatic amines is 1. The smallest absolute Gasteiger partial charge is 0.238 e. The number of nitrogens with two attached hydrogens (primary N) is 1. The van der Waals surface area contributed by atoms with Gasteiger partial charge < -0.3 is 19.8 Å². The fourth-order valence-electron chi connectivity index (χ4n) is 4.46. The van der Waals surface area contributed by atoms with E-state index in [0.29, 0.717) is 27.2 Å². The number of carbonyl (C=O) groups is 1. The minimum absolute atomic E-state index is 0.183. The number of aryl methyl sites for hydroxylation is 1. The summed E-state index contributed by atoms with van der Waals surface area (Å²) in [5.74, 6) is 1.77. The van der Waals surface area contributed by atoms with Crippen molar-refractivity contribution in [1.29, 1.82) is 0 Å². The Kier molecular flexibility index (Phi) is 6.43. The monoisotopic (exact) mass is 564 g/mol. The van der Waals surface area contributed by atoms with Crippen LogP contribution in [0.1, 0.15) is 28.0 Å². The van der Waals surface area contributed by atoms with Crippen molar-refractivity contribution >= 4 is 63.3 Å². The number of nitrogens with zero attached hydrogens (tertiary/aromatic N) is 4. The van der Waals surface area contributed by atoms with Crippen molar-refractivity contribution in [2.45, 2.75) is 13.3 Å². The molecule has 0 radical (unpaired) electrons. The maximum Gasteiger partial charge on any atom is 0.238 e. The molecule has 4 heterocycles. The second kappa shape index (κ2) is 9.90. The molecule has 2 aromatic carbocycles. The second-order valence-electron chi connectivity index (χ2n) is 8.89. The zero-order chi connectivity index (χ0) is 26.4. The number of benzene rings is 2. The van der Waals surface area contributed by atoms with Gasteiger partial charge in [0.2, 0.25) is 11.7 Å². The average Bonchev–Trinajstić information content (AvgIpc) is 3.65. The summed E-state index contributed by atoms with van der Waals surface area (Å²) in [7, 11) is 0. The van der Waals surface area contributed by atoms with Crippen LogP contribution in [-0.2, 0) is 0 Å². The van der Waals surface area contributed by atoms with Gasteiger partial charge in [-0.05, 0) is 73.3 Å². The number of halogens is 2. The maximum atomic E-state index is 13.4. The molecule has 8 nitrogen and oxygen atoms in total. The van der Waals surface area contributed by atoms with E-state index in [1.54, 1.807) is 36.5 Å². The number of carbonyl (C=O) groups excluding carboxylic acids is 1. The molecule has 1 fully saturated rings. The summed E-state index contributed by atoms with van der Waals surface area (Å²) in [4.78, 5) is 20.8. The highest BCUT2D eigenvalue weighted by atomic mass is 35.5. The Hall–Kier alpha value is -3.66. The van der Waals surface area contributed by atoms with Crippen molar-refractivity contribution in [2.75, 3.05) is 22.3 Å². The molecule has 192 valence electrons. The third-order valence-electron chi connectivity index (χ3n) is 6.34. The Morgan fingerprint density at radius 1 is 1.13 bits per heavy atom. The Labute approximate surface area is 232 Å². The summed E-state index contributed by atoms with van der Waals surface area (Å²) >= 11 is 14.5. The molecular weight excluding hydrogens is 543 g/mol. The minimum Gasteiger partial charge on any atom is -0.437 e. The van der Waals surface area contributed by atoms with Gasteiger partial charge in [-0.15, -0.1) is 0 Å². The molecule has 0 saturated carbocycles. The van der Waals surface area contributed by atoms with Gasteiger partial charge in [0.1, 0.15) is 16.6 Å². The van der Waals surface area contributed by atoms with Crippen molar-refractivity contribution in [3.05, 3.63) is 87.8 Å². The molecule has 0 atom stereocenters. The molecular formula is C27H22Cl2N6O2S. The minimum atomic E-state index is -0.249. The van der Waals surface area contributed by atoms with Crippen LogP contribution in [0.25, 0.3) is 16.6 Å². The lowest BCUT2D eigenvalue weighted by Crippen LogP contribution is -2.10. The van der Waals surface area contributed by atoms with E-state index >= 15 is 0 Å². The Bertz CT molecular complexity index is 1690. The highest BCUT2D eigenvalue weighted by Crippen LogP contribution is 2.35. The van der Waals surface area contributed by atoms with Gasteiger partial charge in [-0.3, -0.25) is 4.79 Å². The topological polar surface area (TPSA) is 102 Å². The first kappa shape index (κ1) is 24.7. The number of nitrogens with one attached hydrogen (secondary N) is 1. The van der Waals surface area contributed by atoms with Gasteiger partial charge in [-0.2, -0.15) is 5.10 Å². The van der Waals surface area contributed by atoms with Gasteiger partial charge in [-0.1, -0.05) is 23.2 Å². The SMILES string of the molecule is Cc1cc2cc(C(=O)c3cnn(-c4ccc(Oc5ncccc5Cl)cc4Cl)c3N)[nH]c2cc1N1CCCS1. The van der Waals surface area contributed by atoms with E-state index in [1.165, 1.54) is 22.1 Å². The highest BCUT2D eigenvalue weighted by Gasteiger charge is 2.22. The Morgan fingerprint density at radius 3 is 2.76 bits per heavy atom. The van der Waals surface area contributed by atoms with E-state index < -0.39 is 0 Å². The number of ketones is 1. The zero-order valence-corrected chi connectivity index (χ0v) is 22.6. The van der Waals surface area contributed by atoms with E-state index in [0.717, 1.165) is 29.6 Å². The van der Waals surface area contributed by atoms with Crippen LogP contribution in [0.4, 0.5) is 11.5 Å². The molecule has 1 aliphatic heterocycles. The van der Waals surface area contributed by atoms with E-state index in [4.69, 9.17) is 33.7 Å². The second-order valence-corrected chi connectivity index (χ2v) is 10.8. The summed E-state index contributed by atoms with van der Waals surface area (Å²) in [6, 6.07) is 14.5. The first-order valence-corrected chi connectivity index (χ1v) is 13.6. The summed E-state index contributed by atoms with van der Waals surface area (Å²) in [5, 5.41) is 6.02. The molecule has 0 spiro atoms. The normalized spacial score (nSPS) is 13.4. The lowest BCUT2D eigenvalue weighted by atomic mass is 10.1. The van der Waals surface area contributed by atoms with Gasteiger partial charge in [0.15, 0.2) is 0 Å². The first-order chi connectivity index (χ1) is 18.4. The highest BCUT2D eigenvalue weighted by molar-refractivity contribution is 8.00. The lowest BCUT2D eigenvalue weighted by Gasteiger charge is -2.18. The summed E-state index contributed by atoms with van der Waals surface area (Å²) < 4.78 is 9.48. The maximum absolute atomic E-state index is 13.4. The van der Waals surface area contributed by atoms with Crippen LogP contribution in [0.5, 0.6) is 11.6 Å². The van der Waals surface area contributed by atoms with Crippen LogP contribution in [0.3, 0.4) is 0 Å². The van der Waals surface area contributed by atoms with Gasteiger partial charge in [-0.25, -0.2) is 9.67 Å². The molecule has 38 heavy (non-hydrogen) atoms. The number of nitrogen functional groups attached to an aromatic ring is 1. The molecule has 0 unspecified atom stereocenters. The van der Waals surface area contributed by atoms with E-state index in [1.807, 2.05) is 18.0 Å². The molecule has 1 saturated heterocycles. The number of hydrogen-bond acceptors (Lipinski definition) is 7. The van der Waals surface area contributed by atoms with E-state index in [2.05, 4.69) is 38.4 Å². The number of pyridine rings is 1. The summed E-state index contributed by atoms with van der Waals surface area (Å²) in [5.41, 5.74) is 10.9. The molecule has 1 aliphatic rings. The predicted molar refractivity (Wildman–Crippen MR) is 153 cm³/mol. The summed E-state index contributed by atoms with van der Waals surface area (Å²) in [6.07, 6.45) is 4.20. The molecule has 0 amide bonds. The molecule has 0 aliphatic carbocycles. The van der Waals surface area contributed by atoms with E-state index in [-0.39, 0.29) is 23.0 Å². The molecule has 3 N–H and O–H groups in total. The molecule has 6 rings (SSSR count). The molecule has 11 heteroatoms. The zero-order valence-electron chi connectivity index (χ0n) is 20.2. The van der Waals surface area contributed by atoms with Crippen molar-refractivity contribution in [3.8, 4) is 17.3 Å². The average molecular weight is 565 g/mol. The number of anilines is 2. The van der Waals surface area contributed by atoms with Gasteiger partial charge in [0.25, 0.3) is 0 Å². The number of aromatic nitrogens is 4. The lowest BCUT2D eigenvalue weighted by molar-refractivity contribution is 0.103. The largest absolute Gasteiger partial charge is 0.437 e. The fraction of sp³-hybridized carbons (Fsp3) is 0.148. The van der Waals surface area contributed by atoms with Gasteiger partial charge in [0, 0.05) is 35.5 Å². The first-order valence-electron chi connectivity index (χ1n) is 11.9. The van der Waals surface area contributed by atoms with Gasteiger partial charge >= 0.3 is 0 Å². The Morgan fingerprint density at radius 2 is 2.00 bits per heavy atom. The van der Waals surface area contributed by atoms with Crippen LogP contribution in [0.2, 0.25) is 10.0 Å². The van der Waals surface area contributed by atoms with Crippen molar-refractivity contribution < 1.29 is 9.53 Å². The molecule has 5 aromatic rings. The Balaban J connectivity index is 1.28. The third-order valence-corrected chi connectivity index (χ3v) is 8.09. The number of ether oxygens (including phenoxy) is 1.